The minimum Gasteiger partial charge on any atom is -0.366 e. The lowest BCUT2D eigenvalue weighted by Crippen LogP contribution is -2.48. The van der Waals surface area contributed by atoms with E-state index in [1.54, 1.807) is 6.07 Å². The molecule has 0 aromatic heterocycles. The zero-order valence-electron chi connectivity index (χ0n) is 10.6. The van der Waals surface area contributed by atoms with Crippen LogP contribution in [0.5, 0.6) is 0 Å². The molecule has 0 N–H and O–H groups in total. The lowest BCUT2D eigenvalue weighted by molar-refractivity contribution is 0.386. The van der Waals surface area contributed by atoms with Crippen LogP contribution in [0.4, 0.5) is 10.1 Å². The molecule has 1 aromatic carbocycles. The van der Waals surface area contributed by atoms with Gasteiger partial charge in [0, 0.05) is 31.5 Å². The van der Waals surface area contributed by atoms with Gasteiger partial charge in [-0.2, -0.15) is 4.31 Å². The molecule has 19 heavy (non-hydrogen) atoms. The monoisotopic (exact) mass is 350 g/mol. The second kappa shape index (κ2) is 5.76. The normalized spacial score (nSPS) is 17.7. The standard InChI is InChI=1S/C12H16BrFN2O2S/c1-19(17,18)16-7-5-15(6-8-16)12-10(9-13)3-2-4-11(12)14/h2-4H,5-9H2,1H3. The van der Waals surface area contributed by atoms with Gasteiger partial charge in [0.15, 0.2) is 0 Å². The van der Waals surface area contributed by atoms with E-state index in [4.69, 9.17) is 0 Å². The average Bonchev–Trinajstić information content (AvgIpc) is 2.37. The first kappa shape index (κ1) is 14.7. The molecule has 0 aliphatic carbocycles. The number of nitrogens with zero attached hydrogens (tertiary/aromatic N) is 2. The molecule has 1 aliphatic heterocycles. The SMILES string of the molecule is CS(=O)(=O)N1CCN(c2c(F)cccc2CBr)CC1. The van der Waals surface area contributed by atoms with Gasteiger partial charge in [-0.25, -0.2) is 12.8 Å². The Morgan fingerprint density at radius 3 is 2.42 bits per heavy atom. The predicted molar refractivity (Wildman–Crippen MR) is 77.7 cm³/mol. The molecular weight excluding hydrogens is 335 g/mol. The highest BCUT2D eigenvalue weighted by molar-refractivity contribution is 9.08. The van der Waals surface area contributed by atoms with Gasteiger partial charge in [-0.3, -0.25) is 0 Å². The molecule has 1 heterocycles. The zero-order valence-corrected chi connectivity index (χ0v) is 13.0. The van der Waals surface area contributed by atoms with Gasteiger partial charge in [0.1, 0.15) is 5.82 Å². The van der Waals surface area contributed by atoms with Crippen LogP contribution < -0.4 is 4.90 Å². The first-order chi connectivity index (χ1) is 8.93. The maximum Gasteiger partial charge on any atom is 0.211 e. The summed E-state index contributed by atoms with van der Waals surface area (Å²) in [6, 6.07) is 4.99. The van der Waals surface area contributed by atoms with E-state index >= 15 is 0 Å². The highest BCUT2D eigenvalue weighted by Crippen LogP contribution is 2.27. The van der Waals surface area contributed by atoms with Crippen LogP contribution >= 0.6 is 15.9 Å². The van der Waals surface area contributed by atoms with Crippen LogP contribution in [0.25, 0.3) is 0 Å². The molecule has 1 fully saturated rings. The summed E-state index contributed by atoms with van der Waals surface area (Å²) in [6.07, 6.45) is 1.20. The van der Waals surface area contributed by atoms with Crippen molar-refractivity contribution in [2.45, 2.75) is 5.33 Å². The first-order valence-electron chi connectivity index (χ1n) is 5.97. The van der Waals surface area contributed by atoms with Gasteiger partial charge in [-0.1, -0.05) is 28.1 Å². The highest BCUT2D eigenvalue weighted by atomic mass is 79.9. The third-order valence-corrected chi connectivity index (χ3v) is 5.15. The Hall–Kier alpha value is -0.660. The Morgan fingerprint density at radius 1 is 1.26 bits per heavy atom. The smallest absolute Gasteiger partial charge is 0.211 e. The fraction of sp³-hybridized carbons (Fsp3) is 0.500. The number of para-hydroxylation sites is 1. The number of alkyl halides is 1. The minimum atomic E-state index is -3.15. The largest absolute Gasteiger partial charge is 0.366 e. The van der Waals surface area contributed by atoms with Crippen molar-refractivity contribution < 1.29 is 12.8 Å². The number of sulfonamides is 1. The van der Waals surface area contributed by atoms with Gasteiger partial charge in [0.2, 0.25) is 10.0 Å². The fourth-order valence-corrected chi connectivity index (χ4v) is 3.54. The molecular formula is C12H16BrFN2O2S. The summed E-state index contributed by atoms with van der Waals surface area (Å²) in [6.45, 7) is 1.81. The highest BCUT2D eigenvalue weighted by Gasteiger charge is 2.25. The van der Waals surface area contributed by atoms with E-state index in [0.717, 1.165) is 5.56 Å². The molecule has 0 radical (unpaired) electrons. The van der Waals surface area contributed by atoms with E-state index in [1.807, 2.05) is 11.0 Å². The molecule has 1 aromatic rings. The first-order valence-corrected chi connectivity index (χ1v) is 8.94. The molecule has 7 heteroatoms. The van der Waals surface area contributed by atoms with E-state index in [-0.39, 0.29) is 5.82 Å². The number of rotatable bonds is 3. The fourth-order valence-electron chi connectivity index (χ4n) is 2.27. The molecule has 0 unspecified atom stereocenters. The van der Waals surface area contributed by atoms with E-state index in [2.05, 4.69) is 15.9 Å². The number of benzene rings is 1. The Labute approximate surface area is 121 Å². The maximum atomic E-state index is 14.0. The number of hydrogen-bond acceptors (Lipinski definition) is 3. The second-order valence-electron chi connectivity index (χ2n) is 4.53. The number of piperazine rings is 1. The van der Waals surface area contributed by atoms with Gasteiger partial charge in [0.05, 0.1) is 11.9 Å². The van der Waals surface area contributed by atoms with Crippen molar-refractivity contribution in [3.05, 3.63) is 29.6 Å². The van der Waals surface area contributed by atoms with Crippen LogP contribution in [-0.4, -0.2) is 45.2 Å². The predicted octanol–water partition coefficient (Wildman–Crippen LogP) is 1.80. The molecule has 0 amide bonds. The van der Waals surface area contributed by atoms with Gasteiger partial charge in [-0.05, 0) is 11.6 Å². The lowest BCUT2D eigenvalue weighted by atomic mass is 10.1. The van der Waals surface area contributed by atoms with E-state index in [9.17, 15) is 12.8 Å². The van der Waals surface area contributed by atoms with Crippen molar-refractivity contribution in [3.8, 4) is 0 Å². The van der Waals surface area contributed by atoms with Crippen molar-refractivity contribution in [2.75, 3.05) is 37.3 Å². The molecule has 0 bridgehead atoms. The summed E-state index contributed by atoms with van der Waals surface area (Å²) in [7, 11) is -3.15. The van der Waals surface area contributed by atoms with Crippen molar-refractivity contribution in [1.29, 1.82) is 0 Å². The van der Waals surface area contributed by atoms with Crippen LogP contribution in [0.15, 0.2) is 18.2 Å². The van der Waals surface area contributed by atoms with Crippen LogP contribution in [0, 0.1) is 5.82 Å². The molecule has 0 spiro atoms. The van der Waals surface area contributed by atoms with Crippen molar-refractivity contribution in [2.24, 2.45) is 0 Å². The topological polar surface area (TPSA) is 40.6 Å². The Morgan fingerprint density at radius 2 is 1.89 bits per heavy atom. The summed E-state index contributed by atoms with van der Waals surface area (Å²) in [5.74, 6) is -0.259. The van der Waals surface area contributed by atoms with Crippen LogP contribution in [0.2, 0.25) is 0 Å². The molecule has 0 atom stereocenters. The summed E-state index contributed by atoms with van der Waals surface area (Å²) in [4.78, 5) is 1.91. The summed E-state index contributed by atoms with van der Waals surface area (Å²) < 4.78 is 38.3. The average molecular weight is 351 g/mol. The molecule has 2 rings (SSSR count). The second-order valence-corrected chi connectivity index (χ2v) is 7.07. The van der Waals surface area contributed by atoms with Gasteiger partial charge >= 0.3 is 0 Å². The van der Waals surface area contributed by atoms with Crippen LogP contribution in [-0.2, 0) is 15.4 Å². The minimum absolute atomic E-state index is 0.259. The third kappa shape index (κ3) is 3.27. The maximum absolute atomic E-state index is 14.0. The van der Waals surface area contributed by atoms with E-state index in [1.165, 1.54) is 16.6 Å². The number of hydrogen-bond donors (Lipinski definition) is 0. The van der Waals surface area contributed by atoms with Gasteiger partial charge in [-0.15, -0.1) is 0 Å². The van der Waals surface area contributed by atoms with Crippen molar-refractivity contribution in [3.63, 3.8) is 0 Å². The molecule has 1 saturated heterocycles. The zero-order chi connectivity index (χ0) is 14.0. The molecule has 106 valence electrons. The Kier molecular flexibility index (Phi) is 4.47. The summed E-state index contributed by atoms with van der Waals surface area (Å²) in [5, 5.41) is 0.576. The lowest BCUT2D eigenvalue weighted by Gasteiger charge is -2.35. The Balaban J connectivity index is 2.18. The van der Waals surface area contributed by atoms with Gasteiger partial charge < -0.3 is 4.90 Å². The van der Waals surface area contributed by atoms with Crippen molar-refractivity contribution >= 4 is 31.6 Å². The third-order valence-electron chi connectivity index (χ3n) is 3.24. The quantitative estimate of drug-likeness (QED) is 0.780. The van der Waals surface area contributed by atoms with Crippen LogP contribution in [0.1, 0.15) is 5.56 Å². The molecule has 1 aliphatic rings. The number of halogens is 2. The van der Waals surface area contributed by atoms with E-state index < -0.39 is 10.0 Å². The van der Waals surface area contributed by atoms with Crippen molar-refractivity contribution in [1.82, 2.24) is 4.31 Å². The van der Waals surface area contributed by atoms with Crippen LogP contribution in [0.3, 0.4) is 0 Å². The summed E-state index contributed by atoms with van der Waals surface area (Å²) >= 11 is 3.35. The van der Waals surface area contributed by atoms with Gasteiger partial charge in [0.25, 0.3) is 0 Å². The number of anilines is 1. The Bertz CT molecular complexity index is 557. The molecule has 0 saturated carbocycles. The molecule has 4 nitrogen and oxygen atoms in total. The summed E-state index contributed by atoms with van der Waals surface area (Å²) in [5.41, 5.74) is 1.46. The van der Waals surface area contributed by atoms with E-state index in [0.29, 0.717) is 37.2 Å².